The molecule has 3 fully saturated rings. The van der Waals surface area contributed by atoms with Gasteiger partial charge in [-0.05, 0) is 43.9 Å². The minimum atomic E-state index is -5.08. The first-order chi connectivity index (χ1) is 17.2. The van der Waals surface area contributed by atoms with Crippen LogP contribution in [-0.4, -0.2) is 55.9 Å². The SMILES string of the molecule is Cc1ccc(S(=O)(=O)NC23CC(C#N)(C2)C3)cc1-c1cnc(N)c(-n2cncn2)n1.O=C(O)C(F)(F)F. The highest BCUT2D eigenvalue weighted by Gasteiger charge is 2.69. The van der Waals surface area contributed by atoms with Crippen molar-refractivity contribution in [3.05, 3.63) is 42.6 Å². The highest BCUT2D eigenvalue weighted by atomic mass is 32.2. The van der Waals surface area contributed by atoms with Crippen molar-refractivity contribution in [3.63, 3.8) is 0 Å². The predicted octanol–water partition coefficient (Wildman–Crippen LogP) is 1.97. The first kappa shape index (κ1) is 26.0. The number of aliphatic carboxylic acids is 1. The first-order valence-corrected chi connectivity index (χ1v) is 12.0. The summed E-state index contributed by atoms with van der Waals surface area (Å²) in [5, 5.41) is 20.3. The number of carboxylic acid groups (broad SMARTS) is 1. The number of nitriles is 1. The van der Waals surface area contributed by atoms with Crippen LogP contribution in [0, 0.1) is 23.7 Å². The molecule has 2 aromatic heterocycles. The Morgan fingerprint density at radius 1 is 1.30 bits per heavy atom. The van der Waals surface area contributed by atoms with Gasteiger partial charge in [-0.1, -0.05) is 6.07 Å². The second-order valence-corrected chi connectivity index (χ2v) is 10.6. The van der Waals surface area contributed by atoms with Crippen LogP contribution in [0.1, 0.15) is 24.8 Å². The van der Waals surface area contributed by atoms with E-state index < -0.39 is 27.7 Å². The number of rotatable bonds is 5. The van der Waals surface area contributed by atoms with Gasteiger partial charge in [-0.2, -0.15) is 28.2 Å². The molecule has 0 saturated heterocycles. The van der Waals surface area contributed by atoms with Crippen molar-refractivity contribution < 1.29 is 31.5 Å². The minimum absolute atomic E-state index is 0.139. The third-order valence-corrected chi connectivity index (χ3v) is 7.65. The predicted molar refractivity (Wildman–Crippen MR) is 120 cm³/mol. The normalized spacial score (nSPS) is 22.0. The van der Waals surface area contributed by atoms with E-state index in [9.17, 15) is 21.6 Å². The van der Waals surface area contributed by atoms with E-state index in [2.05, 4.69) is 30.8 Å². The second-order valence-electron chi connectivity index (χ2n) is 8.89. The third kappa shape index (κ3) is 4.95. The Hall–Kier alpha value is -4.10. The lowest BCUT2D eigenvalue weighted by atomic mass is 9.40. The summed E-state index contributed by atoms with van der Waals surface area (Å²) < 4.78 is 61.9. The number of nitrogen functional groups attached to an aromatic ring is 1. The maximum atomic E-state index is 13.0. The van der Waals surface area contributed by atoms with Gasteiger partial charge in [-0.15, -0.1) is 0 Å². The largest absolute Gasteiger partial charge is 0.490 e. The van der Waals surface area contributed by atoms with Gasteiger partial charge in [-0.25, -0.2) is 32.9 Å². The smallest absolute Gasteiger partial charge is 0.475 e. The van der Waals surface area contributed by atoms with Crippen LogP contribution >= 0.6 is 0 Å². The molecule has 37 heavy (non-hydrogen) atoms. The van der Waals surface area contributed by atoms with Crippen LogP contribution in [0.5, 0.6) is 0 Å². The van der Waals surface area contributed by atoms with Crippen LogP contribution in [0.4, 0.5) is 19.0 Å². The van der Waals surface area contributed by atoms with Gasteiger partial charge >= 0.3 is 12.1 Å². The molecule has 1 aromatic carbocycles. The van der Waals surface area contributed by atoms with Gasteiger partial charge in [0.05, 0.1) is 28.3 Å². The number of aromatic nitrogens is 5. The van der Waals surface area contributed by atoms with Crippen LogP contribution in [0.3, 0.4) is 0 Å². The number of nitrogens with two attached hydrogens (primary N) is 1. The molecule has 3 aliphatic rings. The summed E-state index contributed by atoms with van der Waals surface area (Å²) in [4.78, 5) is 21.6. The number of sulfonamides is 1. The second kappa shape index (κ2) is 8.78. The molecule has 16 heteroatoms. The lowest BCUT2D eigenvalue weighted by Crippen LogP contribution is -2.74. The fourth-order valence-electron chi connectivity index (χ4n) is 4.41. The van der Waals surface area contributed by atoms with E-state index in [1.807, 2.05) is 6.92 Å². The fourth-order valence-corrected chi connectivity index (χ4v) is 5.83. The molecule has 12 nitrogen and oxygen atoms in total. The molecule has 0 spiro atoms. The van der Waals surface area contributed by atoms with Crippen LogP contribution in [0.2, 0.25) is 0 Å². The van der Waals surface area contributed by atoms with Crippen molar-refractivity contribution in [1.82, 2.24) is 29.5 Å². The molecule has 0 amide bonds. The molecule has 0 unspecified atom stereocenters. The maximum absolute atomic E-state index is 13.0. The van der Waals surface area contributed by atoms with Crippen molar-refractivity contribution in [1.29, 1.82) is 5.26 Å². The number of benzene rings is 1. The van der Waals surface area contributed by atoms with Crippen LogP contribution < -0.4 is 10.5 Å². The highest BCUT2D eigenvalue weighted by Crippen LogP contribution is 2.67. The van der Waals surface area contributed by atoms with E-state index in [0.29, 0.717) is 36.3 Å². The van der Waals surface area contributed by atoms with Gasteiger partial charge in [0.1, 0.15) is 12.7 Å². The average Bonchev–Trinajstić information content (AvgIpc) is 3.30. The molecule has 0 aliphatic heterocycles. The van der Waals surface area contributed by atoms with Crippen molar-refractivity contribution in [2.75, 3.05) is 5.73 Å². The molecular formula is C21H19F3N8O4S. The quantitative estimate of drug-likeness (QED) is 0.435. The lowest BCUT2D eigenvalue weighted by Gasteiger charge is -2.66. The summed E-state index contributed by atoms with van der Waals surface area (Å²) in [5.41, 5.74) is 7.04. The molecule has 3 saturated carbocycles. The number of carboxylic acids is 1. The zero-order valence-corrected chi connectivity index (χ0v) is 19.9. The Kier molecular flexibility index (Phi) is 6.16. The van der Waals surface area contributed by atoms with E-state index in [1.54, 1.807) is 18.2 Å². The van der Waals surface area contributed by atoms with E-state index in [0.717, 1.165) is 5.56 Å². The highest BCUT2D eigenvalue weighted by molar-refractivity contribution is 7.89. The van der Waals surface area contributed by atoms with E-state index in [-0.39, 0.29) is 16.1 Å². The van der Waals surface area contributed by atoms with E-state index in [4.69, 9.17) is 20.9 Å². The van der Waals surface area contributed by atoms with Crippen LogP contribution in [-0.2, 0) is 14.8 Å². The molecule has 3 aromatic rings. The molecule has 3 aliphatic carbocycles. The Morgan fingerprint density at radius 3 is 2.49 bits per heavy atom. The van der Waals surface area contributed by atoms with E-state index in [1.165, 1.54) is 23.5 Å². The summed E-state index contributed by atoms with van der Waals surface area (Å²) in [6.45, 7) is 1.87. The monoisotopic (exact) mass is 536 g/mol. The summed E-state index contributed by atoms with van der Waals surface area (Å²) in [7, 11) is -3.74. The molecule has 2 heterocycles. The maximum Gasteiger partial charge on any atom is 0.490 e. The van der Waals surface area contributed by atoms with Gasteiger partial charge in [-0.3, -0.25) is 0 Å². The zero-order valence-electron chi connectivity index (χ0n) is 19.1. The molecule has 194 valence electrons. The van der Waals surface area contributed by atoms with Crippen molar-refractivity contribution in [3.8, 4) is 23.1 Å². The number of nitrogens with one attached hydrogen (secondary N) is 1. The van der Waals surface area contributed by atoms with Gasteiger partial charge < -0.3 is 10.8 Å². The molecule has 2 bridgehead atoms. The number of hydrogen-bond acceptors (Lipinski definition) is 9. The Morgan fingerprint density at radius 2 is 1.95 bits per heavy atom. The number of hydrogen-bond donors (Lipinski definition) is 3. The average molecular weight is 536 g/mol. The van der Waals surface area contributed by atoms with Crippen LogP contribution in [0.25, 0.3) is 17.1 Å². The van der Waals surface area contributed by atoms with Gasteiger partial charge in [0.15, 0.2) is 11.6 Å². The number of halogens is 3. The zero-order chi connectivity index (χ0) is 27.2. The van der Waals surface area contributed by atoms with Gasteiger partial charge in [0.25, 0.3) is 0 Å². The van der Waals surface area contributed by atoms with Crippen molar-refractivity contribution in [2.45, 2.75) is 42.8 Å². The van der Waals surface area contributed by atoms with Gasteiger partial charge in [0.2, 0.25) is 10.0 Å². The van der Waals surface area contributed by atoms with E-state index >= 15 is 0 Å². The summed E-state index contributed by atoms with van der Waals surface area (Å²) in [5.74, 6) is -2.26. The topological polar surface area (TPSA) is 190 Å². The molecule has 0 atom stereocenters. The molecular weight excluding hydrogens is 517 g/mol. The fraction of sp³-hybridized carbons (Fsp3) is 0.333. The summed E-state index contributed by atoms with van der Waals surface area (Å²) in [6.07, 6.45) is 0.941. The lowest BCUT2D eigenvalue weighted by molar-refractivity contribution is -0.192. The van der Waals surface area contributed by atoms with Crippen LogP contribution in [0.15, 0.2) is 41.9 Å². The summed E-state index contributed by atoms with van der Waals surface area (Å²) in [6, 6.07) is 7.16. The van der Waals surface area contributed by atoms with Crippen molar-refractivity contribution in [2.24, 2.45) is 5.41 Å². The number of carbonyl (C=O) groups is 1. The standard InChI is InChI=1S/C19H18N8O2S.C2HF3O2/c1-12-2-3-13(30(28,29)26-19-6-18(7-19,8-19)9-20)4-14(12)15-5-23-16(21)17(25-15)27-11-22-10-24-27;3-2(4,5)1(6)7/h2-5,10-11,26H,6-8H2,1H3,(H2,21,23);(H,6,7). The molecule has 0 radical (unpaired) electrons. The summed E-state index contributed by atoms with van der Waals surface area (Å²) >= 11 is 0. The molecule has 4 N–H and O–H groups in total. The number of nitrogens with zero attached hydrogens (tertiary/aromatic N) is 6. The first-order valence-electron chi connectivity index (χ1n) is 10.5. The third-order valence-electron chi connectivity index (χ3n) is 6.07. The molecule has 6 rings (SSSR count). The number of aryl methyl sites for hydroxylation is 1. The Labute approximate surface area is 208 Å². The number of alkyl halides is 3. The van der Waals surface area contributed by atoms with Gasteiger partial charge in [0, 0.05) is 11.1 Å². The Balaban J connectivity index is 0.000000405. The minimum Gasteiger partial charge on any atom is -0.475 e. The Bertz CT molecular complexity index is 1500. The number of anilines is 1. The van der Waals surface area contributed by atoms with Crippen molar-refractivity contribution >= 4 is 21.8 Å².